The lowest BCUT2D eigenvalue weighted by Gasteiger charge is -2.19. The Morgan fingerprint density at radius 2 is 1.48 bits per heavy atom. The Kier molecular flexibility index (Phi) is 4.56. The Labute approximate surface area is 152 Å². The topological polar surface area (TPSA) is 44.2 Å². The Morgan fingerprint density at radius 3 is 2.04 bits per heavy atom. The molecule has 4 nitrogen and oxygen atoms in total. The Morgan fingerprint density at radius 1 is 0.880 bits per heavy atom. The molecule has 0 bridgehead atoms. The highest BCUT2D eigenvalue weighted by atomic mass is 35.5. The number of hydrogen-bond donors (Lipinski definition) is 0. The summed E-state index contributed by atoms with van der Waals surface area (Å²) in [5.74, 6) is 1.24. The second-order valence-electron chi connectivity index (χ2n) is 6.89. The molecule has 0 atom stereocenters. The molecule has 0 aliphatic rings. The minimum absolute atomic E-state index is 0.0977. The molecule has 1 heterocycles. The molecule has 0 N–H and O–H groups in total. The number of ether oxygens (including phenoxy) is 2. The largest absolute Gasteiger partial charge is 0.493 e. The molecule has 0 amide bonds. The fraction of sp³-hybridized carbons (Fsp3) is 0.300. The van der Waals surface area contributed by atoms with Crippen molar-refractivity contribution in [1.82, 2.24) is 9.97 Å². The first-order valence-corrected chi connectivity index (χ1v) is 8.41. The van der Waals surface area contributed by atoms with Crippen LogP contribution >= 0.6 is 11.6 Å². The summed E-state index contributed by atoms with van der Waals surface area (Å²) in [5, 5.41) is 1.07. The maximum atomic E-state index is 6.15. The van der Waals surface area contributed by atoms with E-state index in [-0.39, 0.29) is 10.7 Å². The van der Waals surface area contributed by atoms with Crippen LogP contribution in [-0.4, -0.2) is 24.2 Å². The van der Waals surface area contributed by atoms with Gasteiger partial charge in [-0.3, -0.25) is 0 Å². The van der Waals surface area contributed by atoms with Crippen molar-refractivity contribution in [3.63, 3.8) is 0 Å². The van der Waals surface area contributed by atoms with Crippen molar-refractivity contribution in [2.75, 3.05) is 14.2 Å². The van der Waals surface area contributed by atoms with Crippen molar-refractivity contribution in [1.29, 1.82) is 0 Å². The lowest BCUT2D eigenvalue weighted by molar-refractivity contribution is 0.356. The molecule has 0 saturated carbocycles. The van der Waals surface area contributed by atoms with Gasteiger partial charge in [-0.1, -0.05) is 45.0 Å². The van der Waals surface area contributed by atoms with Crippen molar-refractivity contribution in [2.45, 2.75) is 26.2 Å². The van der Waals surface area contributed by atoms with Gasteiger partial charge in [0.25, 0.3) is 0 Å². The molecular weight excluding hydrogens is 336 g/mol. The highest BCUT2D eigenvalue weighted by Crippen LogP contribution is 2.36. The SMILES string of the molecule is COc1cc2nc(Cl)nc(-c3ccc(C(C)(C)C)cc3)c2cc1OC. The number of methoxy groups -OCH3 is 2. The van der Waals surface area contributed by atoms with Gasteiger partial charge in [-0.2, -0.15) is 0 Å². The third kappa shape index (κ3) is 3.40. The first kappa shape index (κ1) is 17.5. The lowest BCUT2D eigenvalue weighted by atomic mass is 9.86. The summed E-state index contributed by atoms with van der Waals surface area (Å²) in [5.41, 5.74) is 3.83. The second-order valence-corrected chi connectivity index (χ2v) is 7.23. The molecular formula is C20H21ClN2O2. The minimum Gasteiger partial charge on any atom is -0.493 e. The van der Waals surface area contributed by atoms with Crippen LogP contribution in [0.4, 0.5) is 0 Å². The van der Waals surface area contributed by atoms with Gasteiger partial charge in [0.1, 0.15) is 0 Å². The van der Waals surface area contributed by atoms with Crippen LogP contribution in [-0.2, 0) is 5.41 Å². The van der Waals surface area contributed by atoms with E-state index >= 15 is 0 Å². The second kappa shape index (κ2) is 6.52. The predicted octanol–water partition coefficient (Wildman–Crippen LogP) is 5.26. The standard InChI is InChI=1S/C20H21ClN2O2/c1-20(2,3)13-8-6-12(7-9-13)18-14-10-16(24-4)17(25-5)11-15(14)22-19(21)23-18/h6-11H,1-5H3. The molecule has 130 valence electrons. The van der Waals surface area contributed by atoms with Crippen molar-refractivity contribution < 1.29 is 9.47 Å². The number of rotatable bonds is 3. The van der Waals surface area contributed by atoms with Crippen LogP contribution in [0, 0.1) is 0 Å². The van der Waals surface area contributed by atoms with Crippen LogP contribution < -0.4 is 9.47 Å². The molecule has 1 aromatic heterocycles. The van der Waals surface area contributed by atoms with Crippen molar-refractivity contribution >= 4 is 22.5 Å². The number of nitrogens with zero attached hydrogens (tertiary/aromatic N) is 2. The predicted molar refractivity (Wildman–Crippen MR) is 102 cm³/mol. The van der Waals surface area contributed by atoms with E-state index < -0.39 is 0 Å². The molecule has 0 saturated heterocycles. The highest BCUT2D eigenvalue weighted by molar-refractivity contribution is 6.28. The zero-order chi connectivity index (χ0) is 18.2. The average molecular weight is 357 g/mol. The van der Waals surface area contributed by atoms with Crippen molar-refractivity contribution in [3.8, 4) is 22.8 Å². The van der Waals surface area contributed by atoms with Gasteiger partial charge in [-0.25, -0.2) is 9.97 Å². The zero-order valence-electron chi connectivity index (χ0n) is 15.1. The summed E-state index contributed by atoms with van der Waals surface area (Å²) < 4.78 is 10.8. The Hall–Kier alpha value is -2.33. The van der Waals surface area contributed by atoms with Gasteiger partial charge >= 0.3 is 0 Å². The van der Waals surface area contributed by atoms with E-state index in [0.717, 1.165) is 16.6 Å². The summed E-state index contributed by atoms with van der Waals surface area (Å²) in [6.45, 7) is 6.57. The number of fused-ring (bicyclic) bond motifs is 1. The van der Waals surface area contributed by atoms with Gasteiger partial charge < -0.3 is 9.47 Å². The first-order valence-electron chi connectivity index (χ1n) is 8.03. The van der Waals surface area contributed by atoms with Crippen LogP contribution in [0.15, 0.2) is 36.4 Å². The van der Waals surface area contributed by atoms with Gasteiger partial charge in [0.05, 0.1) is 25.4 Å². The van der Waals surface area contributed by atoms with Crippen LogP contribution in [0.2, 0.25) is 5.28 Å². The van der Waals surface area contributed by atoms with Crippen molar-refractivity contribution in [2.24, 2.45) is 0 Å². The zero-order valence-corrected chi connectivity index (χ0v) is 15.8. The fourth-order valence-electron chi connectivity index (χ4n) is 2.78. The molecule has 3 rings (SSSR count). The Balaban J connectivity index is 2.21. The van der Waals surface area contributed by atoms with Gasteiger partial charge in [0.15, 0.2) is 11.5 Å². The molecule has 0 spiro atoms. The smallest absolute Gasteiger partial charge is 0.223 e. The molecule has 0 unspecified atom stereocenters. The quantitative estimate of drug-likeness (QED) is 0.600. The number of benzene rings is 2. The summed E-state index contributed by atoms with van der Waals surface area (Å²) in [6, 6.07) is 12.1. The van der Waals surface area contributed by atoms with E-state index in [1.165, 1.54) is 5.56 Å². The maximum Gasteiger partial charge on any atom is 0.223 e. The first-order chi connectivity index (χ1) is 11.8. The molecule has 3 aromatic rings. The van der Waals surface area contributed by atoms with E-state index in [9.17, 15) is 0 Å². The molecule has 5 heteroatoms. The molecule has 0 radical (unpaired) electrons. The molecule has 0 aliphatic heterocycles. The highest BCUT2D eigenvalue weighted by Gasteiger charge is 2.16. The lowest BCUT2D eigenvalue weighted by Crippen LogP contribution is -2.10. The molecule has 25 heavy (non-hydrogen) atoms. The van der Waals surface area contributed by atoms with E-state index in [0.29, 0.717) is 17.0 Å². The summed E-state index contributed by atoms with van der Waals surface area (Å²) >= 11 is 6.15. The fourth-order valence-corrected chi connectivity index (χ4v) is 2.95. The van der Waals surface area contributed by atoms with Gasteiger partial charge in [0.2, 0.25) is 5.28 Å². The van der Waals surface area contributed by atoms with Crippen LogP contribution in [0.1, 0.15) is 26.3 Å². The van der Waals surface area contributed by atoms with Crippen LogP contribution in [0.5, 0.6) is 11.5 Å². The number of hydrogen-bond acceptors (Lipinski definition) is 4. The third-order valence-corrected chi connectivity index (χ3v) is 4.37. The molecule has 2 aromatic carbocycles. The van der Waals surface area contributed by atoms with E-state index in [2.05, 4.69) is 55.0 Å². The molecule has 0 fully saturated rings. The van der Waals surface area contributed by atoms with Gasteiger partial charge in [-0.15, -0.1) is 0 Å². The maximum absolute atomic E-state index is 6.15. The monoisotopic (exact) mass is 356 g/mol. The molecule has 0 aliphatic carbocycles. The van der Waals surface area contributed by atoms with Gasteiger partial charge in [0, 0.05) is 17.0 Å². The summed E-state index contributed by atoms with van der Waals surface area (Å²) in [7, 11) is 3.21. The van der Waals surface area contributed by atoms with Crippen LogP contribution in [0.3, 0.4) is 0 Å². The summed E-state index contributed by atoms with van der Waals surface area (Å²) in [6.07, 6.45) is 0. The van der Waals surface area contributed by atoms with E-state index in [4.69, 9.17) is 21.1 Å². The van der Waals surface area contributed by atoms with E-state index in [1.807, 2.05) is 12.1 Å². The summed E-state index contributed by atoms with van der Waals surface area (Å²) in [4.78, 5) is 8.77. The normalized spacial score (nSPS) is 11.6. The minimum atomic E-state index is 0.0977. The number of aromatic nitrogens is 2. The average Bonchev–Trinajstić information content (AvgIpc) is 2.59. The van der Waals surface area contributed by atoms with E-state index in [1.54, 1.807) is 14.2 Å². The number of halogens is 1. The van der Waals surface area contributed by atoms with Crippen molar-refractivity contribution in [3.05, 3.63) is 47.2 Å². The van der Waals surface area contributed by atoms with Crippen LogP contribution in [0.25, 0.3) is 22.2 Å². The Bertz CT molecular complexity index is 916. The third-order valence-electron chi connectivity index (χ3n) is 4.20. The van der Waals surface area contributed by atoms with Gasteiger partial charge in [-0.05, 0) is 28.6 Å².